The van der Waals surface area contributed by atoms with Crippen molar-refractivity contribution in [2.45, 2.75) is 37.9 Å². The van der Waals surface area contributed by atoms with Crippen molar-refractivity contribution < 1.29 is 36.3 Å². The minimum Gasteiger partial charge on any atom is -0.444 e. The normalized spacial score (nSPS) is 15.4. The summed E-state index contributed by atoms with van der Waals surface area (Å²) in [5, 5.41) is 2.73. The van der Waals surface area contributed by atoms with Crippen molar-refractivity contribution in [2.75, 3.05) is 32.7 Å². The van der Waals surface area contributed by atoms with E-state index >= 15 is 0 Å². The minimum atomic E-state index is -3.99. The van der Waals surface area contributed by atoms with Gasteiger partial charge in [0.05, 0.1) is 4.90 Å². The molecule has 0 radical (unpaired) electrons. The van der Waals surface area contributed by atoms with Gasteiger partial charge in [0.15, 0.2) is 0 Å². The van der Waals surface area contributed by atoms with Crippen LogP contribution >= 0.6 is 0 Å². The van der Waals surface area contributed by atoms with Gasteiger partial charge in [0.2, 0.25) is 21.8 Å². The molecule has 2 amide bonds. The van der Waals surface area contributed by atoms with E-state index in [1.54, 1.807) is 20.8 Å². The van der Waals surface area contributed by atoms with E-state index in [-0.39, 0.29) is 60.2 Å². The smallest absolute Gasteiger partial charge is 0.408 e. The fraction of sp³-hybridized carbons (Fsp3) is 0.476. The van der Waals surface area contributed by atoms with E-state index in [1.807, 2.05) is 0 Å². The topological polar surface area (TPSA) is 118 Å². The number of fused-ring (bicyclic) bond motifs is 1. The molecule has 10 nitrogen and oxygen atoms in total. The fourth-order valence-corrected chi connectivity index (χ4v) is 5.07. The maximum Gasteiger partial charge on any atom is 0.408 e. The van der Waals surface area contributed by atoms with Crippen molar-refractivity contribution >= 4 is 32.8 Å². The number of benzene rings is 1. The number of carbonyl (C=O) groups excluding carboxylic acids is 2. The highest BCUT2D eigenvalue weighted by Crippen LogP contribution is 2.31. The summed E-state index contributed by atoms with van der Waals surface area (Å²) < 4.78 is 62.7. The zero-order valence-corrected chi connectivity index (χ0v) is 19.8. The number of halogens is 2. The number of piperazine rings is 1. The molecular formula is C21H26F2N4O6S. The lowest BCUT2D eigenvalue weighted by Crippen LogP contribution is -2.52. The van der Waals surface area contributed by atoms with Crippen molar-refractivity contribution in [3.05, 3.63) is 30.5 Å². The monoisotopic (exact) mass is 500 g/mol. The maximum absolute atomic E-state index is 13.3. The number of pyridine rings is 1. The standard InChI is InChI=1S/C21H26F2N4O6S/c1-21(2,3)33-20(29)25-13-17(28)26-9-11-27(12-10-26)34(30,31)16-6-4-5-15-14(16)7-8-24-18(15)32-19(22)23/h4-8,19H,9-13H2,1-3H3,(H,25,29). The van der Waals surface area contributed by atoms with Crippen LogP contribution in [0.3, 0.4) is 0 Å². The van der Waals surface area contributed by atoms with Gasteiger partial charge in [-0.15, -0.1) is 0 Å². The molecule has 0 aliphatic carbocycles. The molecule has 186 valence electrons. The average molecular weight is 501 g/mol. The molecule has 1 aliphatic heterocycles. The molecule has 0 saturated carbocycles. The molecule has 13 heteroatoms. The number of rotatable bonds is 6. The van der Waals surface area contributed by atoms with Gasteiger partial charge in [-0.3, -0.25) is 4.79 Å². The van der Waals surface area contributed by atoms with Crippen LogP contribution in [0.5, 0.6) is 5.88 Å². The zero-order chi connectivity index (χ0) is 25.1. The molecule has 0 atom stereocenters. The molecule has 1 N–H and O–H groups in total. The fourth-order valence-electron chi connectivity index (χ4n) is 3.45. The lowest BCUT2D eigenvalue weighted by atomic mass is 10.2. The van der Waals surface area contributed by atoms with Crippen molar-refractivity contribution in [2.24, 2.45) is 0 Å². The van der Waals surface area contributed by atoms with Crippen LogP contribution in [0.4, 0.5) is 13.6 Å². The number of ether oxygens (including phenoxy) is 2. The Morgan fingerprint density at radius 2 is 1.79 bits per heavy atom. The lowest BCUT2D eigenvalue weighted by Gasteiger charge is -2.34. The highest BCUT2D eigenvalue weighted by atomic mass is 32.2. The van der Waals surface area contributed by atoms with Crippen molar-refractivity contribution in [3.63, 3.8) is 0 Å². The third-order valence-corrected chi connectivity index (χ3v) is 6.88. The molecule has 3 rings (SSSR count). The zero-order valence-electron chi connectivity index (χ0n) is 19.0. The number of hydrogen-bond acceptors (Lipinski definition) is 7. The van der Waals surface area contributed by atoms with Crippen LogP contribution < -0.4 is 10.1 Å². The second kappa shape index (κ2) is 10.1. The Morgan fingerprint density at radius 3 is 2.41 bits per heavy atom. The molecule has 2 heterocycles. The van der Waals surface area contributed by atoms with E-state index < -0.39 is 28.3 Å². The molecule has 1 aromatic heterocycles. The van der Waals surface area contributed by atoms with Crippen LogP contribution in [0, 0.1) is 0 Å². The van der Waals surface area contributed by atoms with Crippen LogP contribution in [-0.4, -0.2) is 79.5 Å². The molecule has 2 aromatic rings. The second-order valence-electron chi connectivity index (χ2n) is 8.49. The summed E-state index contributed by atoms with van der Waals surface area (Å²) in [4.78, 5) is 29.3. The number of sulfonamides is 1. The first-order valence-electron chi connectivity index (χ1n) is 10.5. The quantitative estimate of drug-likeness (QED) is 0.646. The van der Waals surface area contributed by atoms with E-state index in [1.165, 1.54) is 39.7 Å². The number of nitrogens with one attached hydrogen (secondary N) is 1. The second-order valence-corrected chi connectivity index (χ2v) is 10.4. The molecule has 1 saturated heterocycles. The number of alkyl carbamates (subject to hydrolysis) is 1. The molecule has 0 unspecified atom stereocenters. The van der Waals surface area contributed by atoms with Gasteiger partial charge in [-0.25, -0.2) is 18.2 Å². The SMILES string of the molecule is CC(C)(C)OC(=O)NCC(=O)N1CCN(S(=O)(=O)c2cccc3c(OC(F)F)nccc23)CC1. The summed E-state index contributed by atoms with van der Waals surface area (Å²) in [6.07, 6.45) is 0.482. The third-order valence-electron chi connectivity index (χ3n) is 4.92. The van der Waals surface area contributed by atoms with Crippen LogP contribution in [0.2, 0.25) is 0 Å². The Balaban J connectivity index is 1.68. The highest BCUT2D eigenvalue weighted by Gasteiger charge is 2.31. The highest BCUT2D eigenvalue weighted by molar-refractivity contribution is 7.89. The Kier molecular flexibility index (Phi) is 7.56. The Bertz CT molecular complexity index is 1160. The van der Waals surface area contributed by atoms with Gasteiger partial charge in [-0.05, 0) is 39.0 Å². The lowest BCUT2D eigenvalue weighted by molar-refractivity contribution is -0.131. The first kappa shape index (κ1) is 25.6. The largest absolute Gasteiger partial charge is 0.444 e. The molecule has 1 aliphatic rings. The number of carbonyl (C=O) groups is 2. The predicted molar refractivity (Wildman–Crippen MR) is 118 cm³/mol. The summed E-state index contributed by atoms with van der Waals surface area (Å²) in [6, 6.07) is 5.68. The molecular weight excluding hydrogens is 474 g/mol. The summed E-state index contributed by atoms with van der Waals surface area (Å²) in [6.45, 7) is 2.04. The summed E-state index contributed by atoms with van der Waals surface area (Å²) in [7, 11) is -3.99. The number of aromatic nitrogens is 1. The molecule has 34 heavy (non-hydrogen) atoms. The first-order valence-corrected chi connectivity index (χ1v) is 11.9. The van der Waals surface area contributed by atoms with E-state index in [9.17, 15) is 26.8 Å². The predicted octanol–water partition coefficient (Wildman–Crippen LogP) is 2.19. The van der Waals surface area contributed by atoms with Crippen LogP contribution in [0.25, 0.3) is 10.8 Å². The Morgan fingerprint density at radius 1 is 1.12 bits per heavy atom. The van der Waals surface area contributed by atoms with Crippen molar-refractivity contribution in [1.82, 2.24) is 19.5 Å². The molecule has 0 bridgehead atoms. The van der Waals surface area contributed by atoms with Gasteiger partial charge in [0.25, 0.3) is 0 Å². The third kappa shape index (κ3) is 6.08. The summed E-state index contributed by atoms with van der Waals surface area (Å²) >= 11 is 0. The van der Waals surface area contributed by atoms with E-state index in [2.05, 4.69) is 15.0 Å². The van der Waals surface area contributed by atoms with E-state index in [0.29, 0.717) is 0 Å². The Hall–Kier alpha value is -3.06. The minimum absolute atomic E-state index is 0.0301. The van der Waals surface area contributed by atoms with Gasteiger partial charge < -0.3 is 19.7 Å². The van der Waals surface area contributed by atoms with Crippen LogP contribution in [0.15, 0.2) is 35.4 Å². The number of alkyl halides is 2. The number of hydrogen-bond donors (Lipinski definition) is 1. The van der Waals surface area contributed by atoms with Gasteiger partial charge >= 0.3 is 12.7 Å². The van der Waals surface area contributed by atoms with Gasteiger partial charge in [-0.2, -0.15) is 13.1 Å². The average Bonchev–Trinajstić information content (AvgIpc) is 2.76. The number of amides is 2. The maximum atomic E-state index is 13.3. The van der Waals surface area contributed by atoms with Crippen molar-refractivity contribution in [3.8, 4) is 5.88 Å². The summed E-state index contributed by atoms with van der Waals surface area (Å²) in [5.74, 6) is -0.731. The number of nitrogens with zero attached hydrogens (tertiary/aromatic N) is 3. The Labute approximate surface area is 195 Å². The molecule has 1 aromatic carbocycles. The van der Waals surface area contributed by atoms with Crippen LogP contribution in [0.1, 0.15) is 20.8 Å². The van der Waals surface area contributed by atoms with Crippen molar-refractivity contribution in [1.29, 1.82) is 0 Å². The first-order chi connectivity index (χ1) is 15.9. The van der Waals surface area contributed by atoms with Crippen LogP contribution in [-0.2, 0) is 19.6 Å². The van der Waals surface area contributed by atoms with Gasteiger partial charge in [0, 0.05) is 43.1 Å². The molecule has 0 spiro atoms. The molecule has 1 fully saturated rings. The summed E-state index contributed by atoms with van der Waals surface area (Å²) in [5.41, 5.74) is -0.697. The van der Waals surface area contributed by atoms with Gasteiger partial charge in [-0.1, -0.05) is 6.07 Å². The van der Waals surface area contributed by atoms with Gasteiger partial charge in [0.1, 0.15) is 12.1 Å². The van der Waals surface area contributed by atoms with E-state index in [0.717, 1.165) is 0 Å². The van der Waals surface area contributed by atoms with E-state index in [4.69, 9.17) is 4.74 Å².